The maximum absolute atomic E-state index is 12.8. The van der Waals surface area contributed by atoms with E-state index in [9.17, 15) is 13.2 Å². The van der Waals surface area contributed by atoms with Gasteiger partial charge in [-0.25, -0.2) is 8.42 Å². The summed E-state index contributed by atoms with van der Waals surface area (Å²) in [6.07, 6.45) is 0.435. The zero-order chi connectivity index (χ0) is 14.9. The van der Waals surface area contributed by atoms with Gasteiger partial charge in [-0.15, -0.1) is 0 Å². The third-order valence-electron chi connectivity index (χ3n) is 3.41. The van der Waals surface area contributed by atoms with Crippen molar-refractivity contribution in [3.05, 3.63) is 28.8 Å². The summed E-state index contributed by atoms with van der Waals surface area (Å²) in [4.78, 5) is 12.0. The van der Waals surface area contributed by atoms with Crippen LogP contribution in [-0.4, -0.2) is 37.8 Å². The lowest BCUT2D eigenvalue weighted by Crippen LogP contribution is -2.56. The molecular formula is C13H17ClN2O3S. The molecule has 1 aliphatic heterocycles. The minimum Gasteiger partial charge on any atom is -0.353 e. The SMILES string of the molecule is CCC1C(=O)NCCN1S(=O)(=O)c1cc(Cl)ccc1C. The van der Waals surface area contributed by atoms with Crippen LogP contribution in [0.1, 0.15) is 18.9 Å². The van der Waals surface area contributed by atoms with Gasteiger partial charge in [0.05, 0.1) is 4.90 Å². The van der Waals surface area contributed by atoms with E-state index < -0.39 is 16.1 Å². The van der Waals surface area contributed by atoms with Gasteiger partial charge < -0.3 is 5.32 Å². The summed E-state index contributed by atoms with van der Waals surface area (Å²) >= 11 is 5.90. The molecule has 2 rings (SSSR count). The first-order valence-electron chi connectivity index (χ1n) is 6.43. The Hall–Kier alpha value is -1.11. The largest absolute Gasteiger partial charge is 0.353 e. The summed E-state index contributed by atoms with van der Waals surface area (Å²) < 4.78 is 26.8. The third kappa shape index (κ3) is 2.68. The van der Waals surface area contributed by atoms with E-state index >= 15 is 0 Å². The molecule has 110 valence electrons. The molecule has 0 aromatic heterocycles. The highest BCUT2D eigenvalue weighted by Crippen LogP contribution is 2.26. The molecule has 1 heterocycles. The Morgan fingerprint density at radius 3 is 2.80 bits per heavy atom. The second-order valence-corrected chi connectivity index (χ2v) is 7.04. The van der Waals surface area contributed by atoms with Gasteiger partial charge >= 0.3 is 0 Å². The Morgan fingerprint density at radius 2 is 2.15 bits per heavy atom. The molecule has 1 unspecified atom stereocenters. The fourth-order valence-corrected chi connectivity index (χ4v) is 4.50. The van der Waals surface area contributed by atoms with E-state index in [1.54, 1.807) is 26.0 Å². The number of sulfonamides is 1. The van der Waals surface area contributed by atoms with Crippen LogP contribution in [-0.2, 0) is 14.8 Å². The molecule has 1 aromatic rings. The number of rotatable bonds is 3. The Morgan fingerprint density at radius 1 is 1.45 bits per heavy atom. The van der Waals surface area contributed by atoms with Crippen molar-refractivity contribution >= 4 is 27.5 Å². The van der Waals surface area contributed by atoms with Gasteiger partial charge in [0.2, 0.25) is 15.9 Å². The summed E-state index contributed by atoms with van der Waals surface area (Å²) in [6, 6.07) is 4.09. The predicted octanol–water partition coefficient (Wildman–Crippen LogP) is 1.55. The van der Waals surface area contributed by atoms with E-state index in [0.29, 0.717) is 23.6 Å². The Balaban J connectivity index is 2.48. The fourth-order valence-electron chi connectivity index (χ4n) is 2.35. The number of hydrogen-bond donors (Lipinski definition) is 1. The summed E-state index contributed by atoms with van der Waals surface area (Å²) in [5, 5.41) is 3.06. The van der Waals surface area contributed by atoms with Crippen molar-refractivity contribution in [2.75, 3.05) is 13.1 Å². The second kappa shape index (κ2) is 5.71. The van der Waals surface area contributed by atoms with Gasteiger partial charge in [-0.3, -0.25) is 4.79 Å². The molecule has 1 N–H and O–H groups in total. The third-order valence-corrected chi connectivity index (χ3v) is 5.69. The number of benzene rings is 1. The van der Waals surface area contributed by atoms with Crippen molar-refractivity contribution in [1.82, 2.24) is 9.62 Å². The second-order valence-electron chi connectivity index (χ2n) is 4.74. The van der Waals surface area contributed by atoms with Gasteiger partial charge in [0.15, 0.2) is 0 Å². The molecule has 0 saturated carbocycles. The maximum atomic E-state index is 12.8. The van der Waals surface area contributed by atoms with E-state index in [1.807, 2.05) is 0 Å². The van der Waals surface area contributed by atoms with Crippen LogP contribution in [0.25, 0.3) is 0 Å². The van der Waals surface area contributed by atoms with Gasteiger partial charge in [0, 0.05) is 18.1 Å². The van der Waals surface area contributed by atoms with Crippen molar-refractivity contribution in [3.8, 4) is 0 Å². The number of amides is 1. The molecule has 0 spiro atoms. The highest BCUT2D eigenvalue weighted by Gasteiger charge is 2.37. The van der Waals surface area contributed by atoms with Crippen molar-refractivity contribution in [2.45, 2.75) is 31.2 Å². The monoisotopic (exact) mass is 316 g/mol. The van der Waals surface area contributed by atoms with E-state index in [0.717, 1.165) is 0 Å². The number of hydrogen-bond acceptors (Lipinski definition) is 3. The zero-order valence-corrected chi connectivity index (χ0v) is 13.0. The summed E-state index contributed by atoms with van der Waals surface area (Å²) in [7, 11) is -3.72. The van der Waals surface area contributed by atoms with Crippen molar-refractivity contribution < 1.29 is 13.2 Å². The van der Waals surface area contributed by atoms with Gasteiger partial charge in [-0.05, 0) is 31.0 Å². The Labute approximate surface area is 124 Å². The molecule has 1 aromatic carbocycles. The van der Waals surface area contributed by atoms with Crippen LogP contribution in [0.5, 0.6) is 0 Å². The summed E-state index contributed by atoms with van der Waals surface area (Å²) in [5.74, 6) is -0.248. The smallest absolute Gasteiger partial charge is 0.244 e. The van der Waals surface area contributed by atoms with Gasteiger partial charge in [0.25, 0.3) is 0 Å². The van der Waals surface area contributed by atoms with Crippen molar-refractivity contribution in [2.24, 2.45) is 0 Å². The molecule has 1 aliphatic rings. The molecule has 20 heavy (non-hydrogen) atoms. The molecule has 0 aliphatic carbocycles. The highest BCUT2D eigenvalue weighted by atomic mass is 35.5. The molecular weight excluding hydrogens is 300 g/mol. The van der Waals surface area contributed by atoms with Crippen molar-refractivity contribution in [1.29, 1.82) is 0 Å². The Bertz CT molecular complexity index is 631. The molecule has 1 amide bonds. The number of carbonyl (C=O) groups excluding carboxylic acids is 1. The van der Waals surface area contributed by atoms with Gasteiger partial charge in [-0.1, -0.05) is 24.6 Å². The normalized spacial score (nSPS) is 20.8. The van der Waals surface area contributed by atoms with E-state index in [-0.39, 0.29) is 17.3 Å². The fraction of sp³-hybridized carbons (Fsp3) is 0.462. The summed E-state index contributed by atoms with van der Waals surface area (Å²) in [5.41, 5.74) is 0.621. The predicted molar refractivity (Wildman–Crippen MR) is 77.2 cm³/mol. The number of aryl methyl sites for hydroxylation is 1. The highest BCUT2D eigenvalue weighted by molar-refractivity contribution is 7.89. The van der Waals surface area contributed by atoms with E-state index in [1.165, 1.54) is 10.4 Å². The minimum absolute atomic E-state index is 0.165. The standard InChI is InChI=1S/C13H17ClN2O3S/c1-3-11-13(17)15-6-7-16(11)20(18,19)12-8-10(14)5-4-9(12)2/h4-5,8,11H,3,6-7H2,1-2H3,(H,15,17). The van der Waals surface area contributed by atoms with Crippen LogP contribution in [0.3, 0.4) is 0 Å². The van der Waals surface area contributed by atoms with Crippen LogP contribution in [0.2, 0.25) is 5.02 Å². The number of nitrogens with zero attached hydrogens (tertiary/aromatic N) is 1. The lowest BCUT2D eigenvalue weighted by Gasteiger charge is -2.33. The molecule has 7 heteroatoms. The van der Waals surface area contributed by atoms with Crippen LogP contribution >= 0.6 is 11.6 Å². The number of halogens is 1. The van der Waals surface area contributed by atoms with Crippen LogP contribution in [0, 0.1) is 6.92 Å². The van der Waals surface area contributed by atoms with Gasteiger partial charge in [0.1, 0.15) is 6.04 Å². The quantitative estimate of drug-likeness (QED) is 0.920. The lowest BCUT2D eigenvalue weighted by atomic mass is 10.2. The molecule has 1 fully saturated rings. The zero-order valence-electron chi connectivity index (χ0n) is 11.4. The molecule has 1 saturated heterocycles. The topological polar surface area (TPSA) is 66.5 Å². The average Bonchev–Trinajstić information content (AvgIpc) is 2.41. The Kier molecular flexibility index (Phi) is 4.36. The average molecular weight is 317 g/mol. The van der Waals surface area contributed by atoms with E-state index in [4.69, 9.17) is 11.6 Å². The number of nitrogens with one attached hydrogen (secondary N) is 1. The van der Waals surface area contributed by atoms with E-state index in [2.05, 4.69) is 5.32 Å². The van der Waals surface area contributed by atoms with Crippen molar-refractivity contribution in [3.63, 3.8) is 0 Å². The molecule has 1 atom stereocenters. The molecule has 0 bridgehead atoms. The first-order chi connectivity index (χ1) is 9.37. The molecule has 5 nitrogen and oxygen atoms in total. The minimum atomic E-state index is -3.72. The molecule has 0 radical (unpaired) electrons. The van der Waals surface area contributed by atoms with Crippen LogP contribution in [0.15, 0.2) is 23.1 Å². The first kappa shape index (κ1) is 15.3. The van der Waals surface area contributed by atoms with Gasteiger partial charge in [-0.2, -0.15) is 4.31 Å². The van der Waals surface area contributed by atoms with Crippen LogP contribution in [0.4, 0.5) is 0 Å². The maximum Gasteiger partial charge on any atom is 0.244 e. The number of piperazine rings is 1. The lowest BCUT2D eigenvalue weighted by molar-refractivity contribution is -0.126. The first-order valence-corrected chi connectivity index (χ1v) is 8.25. The summed E-state index contributed by atoms with van der Waals surface area (Å²) in [6.45, 7) is 4.11. The number of carbonyl (C=O) groups is 1. The van der Waals surface area contributed by atoms with Crippen LogP contribution < -0.4 is 5.32 Å².